The van der Waals surface area contributed by atoms with Crippen molar-refractivity contribution in [1.29, 1.82) is 0 Å². The lowest BCUT2D eigenvalue weighted by atomic mass is 9.90. The van der Waals surface area contributed by atoms with Crippen LogP contribution in [0.15, 0.2) is 10.2 Å². The van der Waals surface area contributed by atoms with Crippen molar-refractivity contribution >= 4 is 23.3 Å². The number of Topliss-reactive ketones (excluding diaryl/α,β-unsaturated/α-hetero) is 3. The van der Waals surface area contributed by atoms with Crippen LogP contribution in [0.1, 0.15) is 13.8 Å². The first-order chi connectivity index (χ1) is 6.83. The molecular formula is C8H9N3O4. The SMILES string of the molecule is CC(=O)C(C(N)=O)C(=O)C1(C(C)=O)N=N1. The molecule has 80 valence electrons. The van der Waals surface area contributed by atoms with E-state index in [2.05, 4.69) is 10.2 Å². The Morgan fingerprint density at radius 2 is 1.60 bits per heavy atom. The van der Waals surface area contributed by atoms with E-state index in [1.807, 2.05) is 0 Å². The number of hydrogen-bond acceptors (Lipinski definition) is 6. The zero-order chi connectivity index (χ0) is 11.8. The van der Waals surface area contributed by atoms with Gasteiger partial charge < -0.3 is 5.73 Å². The van der Waals surface area contributed by atoms with Crippen molar-refractivity contribution in [2.45, 2.75) is 19.5 Å². The van der Waals surface area contributed by atoms with E-state index >= 15 is 0 Å². The van der Waals surface area contributed by atoms with Crippen LogP contribution >= 0.6 is 0 Å². The molecule has 1 rings (SSSR count). The summed E-state index contributed by atoms with van der Waals surface area (Å²) in [7, 11) is 0. The van der Waals surface area contributed by atoms with Gasteiger partial charge in [-0.1, -0.05) is 0 Å². The summed E-state index contributed by atoms with van der Waals surface area (Å²) in [4.78, 5) is 44.5. The summed E-state index contributed by atoms with van der Waals surface area (Å²) in [6, 6.07) is 0. The smallest absolute Gasteiger partial charge is 0.306 e. The summed E-state index contributed by atoms with van der Waals surface area (Å²) in [5.41, 5.74) is 3.03. The predicted octanol–water partition coefficient (Wildman–Crippen LogP) is -1.00. The molecule has 1 heterocycles. The number of carbonyl (C=O) groups is 4. The van der Waals surface area contributed by atoms with E-state index in [1.165, 1.54) is 0 Å². The van der Waals surface area contributed by atoms with Gasteiger partial charge in [0, 0.05) is 0 Å². The first-order valence-corrected chi connectivity index (χ1v) is 4.12. The highest BCUT2D eigenvalue weighted by molar-refractivity contribution is 6.26. The molecule has 0 saturated carbocycles. The first-order valence-electron chi connectivity index (χ1n) is 4.12. The molecule has 2 N–H and O–H groups in total. The topological polar surface area (TPSA) is 119 Å². The molecule has 0 aromatic rings. The Kier molecular flexibility index (Phi) is 2.48. The van der Waals surface area contributed by atoms with Crippen LogP contribution in [0.5, 0.6) is 0 Å². The summed E-state index contributed by atoms with van der Waals surface area (Å²) in [5.74, 6) is -5.05. The van der Waals surface area contributed by atoms with Gasteiger partial charge in [0.25, 0.3) is 0 Å². The van der Waals surface area contributed by atoms with Gasteiger partial charge in [-0.05, 0) is 13.8 Å². The average Bonchev–Trinajstić information content (AvgIpc) is 2.81. The molecule has 0 spiro atoms. The third-order valence-electron chi connectivity index (χ3n) is 2.09. The Balaban J connectivity index is 2.97. The number of nitrogens with zero attached hydrogens (tertiary/aromatic N) is 2. The number of carbonyl (C=O) groups excluding carboxylic acids is 4. The number of primary amides is 1. The molecule has 0 aliphatic carbocycles. The monoisotopic (exact) mass is 211 g/mol. The Morgan fingerprint density at radius 1 is 1.13 bits per heavy atom. The second-order valence-corrected chi connectivity index (χ2v) is 3.24. The fourth-order valence-corrected chi connectivity index (χ4v) is 1.18. The Bertz CT molecular complexity index is 379. The standard InChI is InChI=1S/C8H9N3O4/c1-3(12)5(7(9)15)6(14)8(4(2)13)10-11-8/h5H,1-2H3,(H2,9,15). The second kappa shape index (κ2) is 3.34. The van der Waals surface area contributed by atoms with Gasteiger partial charge in [-0.3, -0.25) is 19.2 Å². The van der Waals surface area contributed by atoms with E-state index in [0.717, 1.165) is 13.8 Å². The van der Waals surface area contributed by atoms with Crippen LogP contribution in [0.2, 0.25) is 0 Å². The highest BCUT2D eigenvalue weighted by atomic mass is 16.2. The van der Waals surface area contributed by atoms with Crippen molar-refractivity contribution in [3.05, 3.63) is 0 Å². The number of hydrogen-bond donors (Lipinski definition) is 1. The Morgan fingerprint density at radius 3 is 1.80 bits per heavy atom. The summed E-state index contributed by atoms with van der Waals surface area (Å²) >= 11 is 0. The zero-order valence-electron chi connectivity index (χ0n) is 8.18. The second-order valence-electron chi connectivity index (χ2n) is 3.24. The van der Waals surface area contributed by atoms with E-state index in [-0.39, 0.29) is 0 Å². The highest BCUT2D eigenvalue weighted by Gasteiger charge is 2.57. The van der Waals surface area contributed by atoms with E-state index < -0.39 is 34.8 Å². The van der Waals surface area contributed by atoms with Crippen molar-refractivity contribution < 1.29 is 19.2 Å². The predicted molar refractivity (Wildman–Crippen MR) is 46.6 cm³/mol. The van der Waals surface area contributed by atoms with Gasteiger partial charge in [-0.2, -0.15) is 0 Å². The van der Waals surface area contributed by atoms with E-state index in [1.54, 1.807) is 0 Å². The van der Waals surface area contributed by atoms with Crippen LogP contribution in [0.4, 0.5) is 0 Å². The summed E-state index contributed by atoms with van der Waals surface area (Å²) in [5, 5.41) is 6.57. The van der Waals surface area contributed by atoms with Crippen molar-refractivity contribution in [3.63, 3.8) is 0 Å². The van der Waals surface area contributed by atoms with Gasteiger partial charge in [0.1, 0.15) is 5.78 Å². The number of ketones is 3. The fraction of sp³-hybridized carbons (Fsp3) is 0.500. The Labute approximate surface area is 84.7 Å². The molecule has 1 aliphatic heterocycles. The molecule has 0 aromatic heterocycles. The molecule has 1 amide bonds. The molecule has 0 radical (unpaired) electrons. The van der Waals surface area contributed by atoms with Gasteiger partial charge in [0.05, 0.1) is 0 Å². The summed E-state index contributed by atoms with van der Waals surface area (Å²) in [6.07, 6.45) is 0. The van der Waals surface area contributed by atoms with Crippen LogP contribution in [-0.2, 0) is 19.2 Å². The van der Waals surface area contributed by atoms with Crippen LogP contribution in [0.3, 0.4) is 0 Å². The van der Waals surface area contributed by atoms with Gasteiger partial charge in [0.15, 0.2) is 11.7 Å². The molecule has 7 heteroatoms. The van der Waals surface area contributed by atoms with Crippen LogP contribution in [0, 0.1) is 5.92 Å². The largest absolute Gasteiger partial charge is 0.369 e. The third kappa shape index (κ3) is 1.67. The molecule has 1 unspecified atom stereocenters. The molecule has 1 atom stereocenters. The van der Waals surface area contributed by atoms with E-state index in [4.69, 9.17) is 5.73 Å². The van der Waals surface area contributed by atoms with Crippen molar-refractivity contribution in [2.24, 2.45) is 21.9 Å². The van der Waals surface area contributed by atoms with Gasteiger partial charge in [-0.15, -0.1) is 10.2 Å². The van der Waals surface area contributed by atoms with E-state index in [0.29, 0.717) is 0 Å². The van der Waals surface area contributed by atoms with Crippen molar-refractivity contribution in [3.8, 4) is 0 Å². The van der Waals surface area contributed by atoms with Crippen LogP contribution < -0.4 is 5.73 Å². The fourth-order valence-electron chi connectivity index (χ4n) is 1.18. The molecule has 15 heavy (non-hydrogen) atoms. The lowest BCUT2D eigenvalue weighted by molar-refractivity contribution is -0.141. The van der Waals surface area contributed by atoms with E-state index in [9.17, 15) is 19.2 Å². The van der Waals surface area contributed by atoms with Crippen LogP contribution in [-0.4, -0.2) is 28.9 Å². The molecule has 0 saturated heterocycles. The molecule has 1 aliphatic rings. The van der Waals surface area contributed by atoms with Gasteiger partial charge in [-0.25, -0.2) is 0 Å². The minimum absolute atomic E-state index is 0.625. The number of nitrogens with two attached hydrogens (primary N) is 1. The lowest BCUT2D eigenvalue weighted by Gasteiger charge is -2.11. The van der Waals surface area contributed by atoms with Gasteiger partial charge >= 0.3 is 5.66 Å². The molecule has 0 bridgehead atoms. The minimum atomic E-state index is -1.86. The van der Waals surface area contributed by atoms with Crippen molar-refractivity contribution in [2.75, 3.05) is 0 Å². The minimum Gasteiger partial charge on any atom is -0.369 e. The maximum absolute atomic E-state index is 11.6. The lowest BCUT2D eigenvalue weighted by Crippen LogP contribution is -2.45. The van der Waals surface area contributed by atoms with Crippen LogP contribution in [0.25, 0.3) is 0 Å². The molecule has 7 nitrogen and oxygen atoms in total. The zero-order valence-corrected chi connectivity index (χ0v) is 8.18. The summed E-state index contributed by atoms with van der Waals surface area (Å²) < 4.78 is 0. The molecule has 0 aromatic carbocycles. The molecule has 0 fully saturated rings. The third-order valence-corrected chi connectivity index (χ3v) is 2.09. The normalized spacial score (nSPS) is 18.0. The highest BCUT2D eigenvalue weighted by Crippen LogP contribution is 2.33. The average molecular weight is 211 g/mol. The first kappa shape index (κ1) is 11.2. The maximum atomic E-state index is 11.6. The number of amides is 1. The summed E-state index contributed by atoms with van der Waals surface area (Å²) in [6.45, 7) is 2.15. The van der Waals surface area contributed by atoms with Crippen molar-refractivity contribution in [1.82, 2.24) is 0 Å². The number of rotatable bonds is 5. The quantitative estimate of drug-likeness (QED) is 0.586. The van der Waals surface area contributed by atoms with Gasteiger partial charge in [0.2, 0.25) is 11.7 Å². The Hall–Kier alpha value is -1.92. The maximum Gasteiger partial charge on any atom is 0.306 e. The molecular weight excluding hydrogens is 202 g/mol.